The van der Waals surface area contributed by atoms with Gasteiger partial charge in [0.2, 0.25) is 0 Å². The third-order valence-corrected chi connectivity index (χ3v) is 5.24. The molecule has 32 heavy (non-hydrogen) atoms. The first-order valence-electron chi connectivity index (χ1n) is 10.1. The van der Waals surface area contributed by atoms with Crippen molar-refractivity contribution in [2.75, 3.05) is 7.11 Å². The number of benzene rings is 2. The molecule has 0 fully saturated rings. The number of carboxylic acid groups (broad SMARTS) is 1. The van der Waals surface area contributed by atoms with E-state index in [0.29, 0.717) is 17.8 Å². The van der Waals surface area contributed by atoms with Gasteiger partial charge in [0, 0.05) is 12.0 Å². The van der Waals surface area contributed by atoms with Crippen LogP contribution in [0.15, 0.2) is 54.6 Å². The van der Waals surface area contributed by atoms with E-state index in [4.69, 9.17) is 4.74 Å². The van der Waals surface area contributed by atoms with Crippen molar-refractivity contribution in [2.24, 2.45) is 0 Å². The monoisotopic (exact) mass is 439 g/mol. The Labute approximate surface area is 207 Å². The largest absolute Gasteiger partial charge is 1.00 e. The predicted octanol–water partition coefficient (Wildman–Crippen LogP) is 0.186. The summed E-state index contributed by atoms with van der Waals surface area (Å²) >= 11 is 0. The minimum Gasteiger partial charge on any atom is -0.545 e. The number of aromatic amines is 1. The van der Waals surface area contributed by atoms with Crippen LogP contribution in [0, 0.1) is 0 Å². The molecule has 1 N–H and O–H groups in total. The number of nitrogens with zero attached hydrogens (tertiary/aromatic N) is 2. The van der Waals surface area contributed by atoms with Gasteiger partial charge in [0.25, 0.3) is 0 Å². The maximum atomic E-state index is 11.9. The average molecular weight is 439 g/mol. The molecule has 0 aliphatic heterocycles. The maximum absolute atomic E-state index is 11.9. The molecule has 0 bridgehead atoms. The minimum atomic E-state index is -1.20. The Morgan fingerprint density at radius 1 is 1.12 bits per heavy atom. The van der Waals surface area contributed by atoms with Gasteiger partial charge in [-0.3, -0.25) is 0 Å². The number of hydrogen-bond acceptors (Lipinski definition) is 5. The number of aromatic carboxylic acids is 1. The number of carbonyl (C=O) groups is 2. The Bertz CT molecular complexity index is 1260. The number of carbonyl (C=O) groups excluding carboxylic acids is 2. The minimum absolute atomic E-state index is 0. The van der Waals surface area contributed by atoms with E-state index in [9.17, 15) is 14.7 Å². The summed E-state index contributed by atoms with van der Waals surface area (Å²) in [7, 11) is 1.35. The van der Waals surface area contributed by atoms with Crippen LogP contribution in [0.1, 0.15) is 45.6 Å². The predicted molar refractivity (Wildman–Crippen MR) is 115 cm³/mol. The maximum Gasteiger partial charge on any atom is 1.00 e. The molecule has 158 valence electrons. The molecule has 2 aromatic carbocycles. The molecule has 0 amide bonds. The molecule has 0 saturated heterocycles. The van der Waals surface area contributed by atoms with Crippen molar-refractivity contribution in [1.29, 1.82) is 0 Å². The average Bonchev–Trinajstić information content (AvgIpc) is 3.33. The zero-order valence-electron chi connectivity index (χ0n) is 18.3. The smallest absolute Gasteiger partial charge is 0.545 e. The number of fused-ring (bicyclic) bond motifs is 1. The van der Waals surface area contributed by atoms with Crippen molar-refractivity contribution in [3.63, 3.8) is 0 Å². The van der Waals surface area contributed by atoms with Gasteiger partial charge < -0.3 is 24.2 Å². The number of nitrogens with one attached hydrogen (secondary N) is 1. The summed E-state index contributed by atoms with van der Waals surface area (Å²) in [5.41, 5.74) is 4.49. The summed E-state index contributed by atoms with van der Waals surface area (Å²) in [6, 6.07) is 16.2. The number of rotatable bonds is 7. The van der Waals surface area contributed by atoms with Crippen LogP contribution in [0.2, 0.25) is 0 Å². The van der Waals surface area contributed by atoms with Crippen molar-refractivity contribution in [2.45, 2.75) is 26.3 Å². The normalized spacial score (nSPS) is 10.7. The summed E-state index contributed by atoms with van der Waals surface area (Å²) < 4.78 is 6.86. The number of aryl methyl sites for hydroxylation is 1. The van der Waals surface area contributed by atoms with E-state index < -0.39 is 11.9 Å². The second-order valence-electron chi connectivity index (χ2n) is 7.30. The van der Waals surface area contributed by atoms with E-state index in [1.54, 1.807) is 30.3 Å². The number of esters is 1. The van der Waals surface area contributed by atoms with Crippen LogP contribution in [0.5, 0.6) is 0 Å². The first kappa shape index (κ1) is 23.8. The van der Waals surface area contributed by atoms with Crippen molar-refractivity contribution in [3.05, 3.63) is 77.2 Å². The third kappa shape index (κ3) is 4.65. The quantitative estimate of drug-likeness (QED) is 0.327. The third-order valence-electron chi connectivity index (χ3n) is 5.24. The van der Waals surface area contributed by atoms with Crippen LogP contribution < -0.4 is 34.7 Å². The van der Waals surface area contributed by atoms with Gasteiger partial charge in [0.1, 0.15) is 22.7 Å². The molecule has 0 aliphatic rings. The Kier molecular flexibility index (Phi) is 7.56. The van der Waals surface area contributed by atoms with Gasteiger partial charge in [0.05, 0.1) is 19.6 Å². The molecular formula is C24H22N3NaO4. The van der Waals surface area contributed by atoms with Gasteiger partial charge in [-0.05, 0) is 29.2 Å². The van der Waals surface area contributed by atoms with Crippen LogP contribution in [-0.4, -0.2) is 33.6 Å². The Morgan fingerprint density at radius 2 is 1.84 bits per heavy atom. The molecule has 0 unspecified atom stereocenters. The van der Waals surface area contributed by atoms with Gasteiger partial charge in [-0.2, -0.15) is 0 Å². The molecule has 2 aromatic heterocycles. The molecule has 0 aliphatic carbocycles. The Hall–Kier alpha value is -2.87. The summed E-state index contributed by atoms with van der Waals surface area (Å²) in [5.74, 6) is -0.693. The summed E-state index contributed by atoms with van der Waals surface area (Å²) in [4.78, 5) is 31.1. The molecule has 4 aromatic rings. The first-order valence-corrected chi connectivity index (χ1v) is 10.1. The van der Waals surface area contributed by atoms with Crippen molar-refractivity contribution in [1.82, 2.24) is 14.5 Å². The number of ether oxygens (including phenoxy) is 1. The molecule has 0 atom stereocenters. The van der Waals surface area contributed by atoms with E-state index in [0.717, 1.165) is 41.0 Å². The fourth-order valence-corrected chi connectivity index (χ4v) is 3.74. The molecule has 0 saturated carbocycles. The van der Waals surface area contributed by atoms with Crippen molar-refractivity contribution < 1.29 is 49.0 Å². The molecular weight excluding hydrogens is 417 g/mol. The second-order valence-corrected chi connectivity index (χ2v) is 7.30. The Morgan fingerprint density at radius 3 is 2.50 bits per heavy atom. The summed E-state index contributed by atoms with van der Waals surface area (Å²) in [5, 5.41) is 11.4. The SMILES string of the molecule is CCCc1nc2cc(C(=O)OC)[nH]c2n1Cc1ccc(-c2ccccc2C(=O)[O-])cc1.[Na+]. The van der Waals surface area contributed by atoms with E-state index in [-0.39, 0.29) is 35.1 Å². The molecule has 4 rings (SSSR count). The number of carboxylic acids is 1. The number of hydrogen-bond donors (Lipinski definition) is 1. The van der Waals surface area contributed by atoms with Gasteiger partial charge in [-0.1, -0.05) is 55.5 Å². The van der Waals surface area contributed by atoms with Crippen LogP contribution in [0.25, 0.3) is 22.3 Å². The van der Waals surface area contributed by atoms with E-state index in [1.165, 1.54) is 7.11 Å². The second kappa shape index (κ2) is 10.2. The zero-order chi connectivity index (χ0) is 22.0. The Balaban J connectivity index is 0.00000289. The number of methoxy groups -OCH3 is 1. The topological polar surface area (TPSA) is 100 Å². The van der Waals surface area contributed by atoms with Crippen molar-refractivity contribution >= 4 is 23.1 Å². The molecule has 0 radical (unpaired) electrons. The molecule has 0 spiro atoms. The van der Waals surface area contributed by atoms with Gasteiger partial charge in [0.15, 0.2) is 0 Å². The molecule has 7 nitrogen and oxygen atoms in total. The fourth-order valence-electron chi connectivity index (χ4n) is 3.74. The molecule has 8 heteroatoms. The number of imidazole rings is 1. The fraction of sp³-hybridized carbons (Fsp3) is 0.208. The zero-order valence-corrected chi connectivity index (χ0v) is 20.3. The van der Waals surface area contributed by atoms with Crippen LogP contribution in [0.3, 0.4) is 0 Å². The summed E-state index contributed by atoms with van der Waals surface area (Å²) in [6.45, 7) is 2.66. The van der Waals surface area contributed by atoms with Crippen molar-refractivity contribution in [3.8, 4) is 11.1 Å². The van der Waals surface area contributed by atoms with Crippen LogP contribution in [0.4, 0.5) is 0 Å². The first-order chi connectivity index (χ1) is 15.0. The van der Waals surface area contributed by atoms with E-state index in [2.05, 4.69) is 21.5 Å². The van der Waals surface area contributed by atoms with Gasteiger partial charge >= 0.3 is 35.5 Å². The van der Waals surface area contributed by atoms with Crippen LogP contribution >= 0.6 is 0 Å². The van der Waals surface area contributed by atoms with Crippen LogP contribution in [-0.2, 0) is 17.7 Å². The number of aromatic nitrogens is 3. The van der Waals surface area contributed by atoms with Gasteiger partial charge in [-0.15, -0.1) is 0 Å². The van der Waals surface area contributed by atoms with E-state index in [1.807, 2.05) is 24.3 Å². The van der Waals surface area contributed by atoms with Gasteiger partial charge in [-0.25, -0.2) is 9.78 Å². The number of H-pyrrole nitrogens is 1. The standard InChI is InChI=1S/C24H23N3O4.Na/c1-3-6-21-25-19-13-20(24(30)31-2)26-22(19)27(21)14-15-9-11-16(12-10-15)17-7-4-5-8-18(17)23(28)29;/h4-5,7-13,26H,3,6,14H2,1-2H3,(H,28,29);/q;+1/p-1. The van der Waals surface area contributed by atoms with E-state index >= 15 is 0 Å². The summed E-state index contributed by atoms with van der Waals surface area (Å²) in [6.07, 6.45) is 1.76. The molecule has 2 heterocycles.